The van der Waals surface area contributed by atoms with Crippen LogP contribution in [0, 0.1) is 0 Å². The van der Waals surface area contributed by atoms with Gasteiger partial charge in [-0.1, -0.05) is 24.3 Å². The number of hydrogen-bond donors (Lipinski definition) is 4. The van der Waals surface area contributed by atoms with Gasteiger partial charge in [0.25, 0.3) is 22.7 Å². The summed E-state index contributed by atoms with van der Waals surface area (Å²) < 4.78 is 0. The lowest BCUT2D eigenvalue weighted by atomic mass is 9.95. The Morgan fingerprint density at radius 2 is 1.70 bits per heavy atom. The molecule has 5 N–H and O–H groups in total. The van der Waals surface area contributed by atoms with Crippen LogP contribution in [-0.2, 0) is 19.5 Å². The zero-order valence-electron chi connectivity index (χ0n) is 22.5. The molecule has 0 saturated carbocycles. The van der Waals surface area contributed by atoms with Crippen molar-refractivity contribution in [1.82, 2.24) is 20.6 Å². The second kappa shape index (κ2) is 10.6. The average Bonchev–Trinajstić information content (AvgIpc) is 3.41. The number of fused-ring (bicyclic) bond motifs is 2. The number of anilines is 2. The van der Waals surface area contributed by atoms with E-state index in [-0.39, 0.29) is 59.8 Å². The van der Waals surface area contributed by atoms with Crippen LogP contribution in [-0.4, -0.2) is 45.2 Å². The normalized spacial score (nSPS) is 15.6. The Labute approximate surface area is 243 Å². The second-order valence-corrected chi connectivity index (χ2v) is 10.4. The van der Waals surface area contributed by atoms with E-state index in [1.807, 2.05) is 0 Å². The topological polar surface area (TPSA) is 202 Å². The number of nitrogen functional groups attached to an aromatic ring is 1. The number of aryl methyl sites for hydroxylation is 1. The lowest BCUT2D eigenvalue weighted by Crippen LogP contribution is -2.46. The summed E-state index contributed by atoms with van der Waals surface area (Å²) in [7, 11) is 0. The third-order valence-corrected chi connectivity index (χ3v) is 7.76. The van der Waals surface area contributed by atoms with Crippen molar-refractivity contribution in [3.05, 3.63) is 114 Å². The number of nitrogens with one attached hydrogen (secondary N) is 2. The van der Waals surface area contributed by atoms with Crippen LogP contribution in [0.1, 0.15) is 76.4 Å². The second-order valence-electron chi connectivity index (χ2n) is 10.4. The van der Waals surface area contributed by atoms with Gasteiger partial charge in [0.1, 0.15) is 29.1 Å². The third kappa shape index (κ3) is 5.01. The lowest BCUT2D eigenvalue weighted by Gasteiger charge is -2.31. The summed E-state index contributed by atoms with van der Waals surface area (Å²) in [5.74, 6) is -2.28. The number of carboxylic acid groups (broad SMARTS) is 1. The Morgan fingerprint density at radius 1 is 0.930 bits per heavy atom. The molecule has 0 bridgehead atoms. The summed E-state index contributed by atoms with van der Waals surface area (Å²) in [5.41, 5.74) is 7.78. The molecule has 216 valence electrons. The van der Waals surface area contributed by atoms with Crippen molar-refractivity contribution in [3.63, 3.8) is 0 Å². The molecular weight excluding hydrogens is 556 g/mol. The number of Topliss-reactive ketones (excluding diaryl/α,β-unsaturated/α-hetero) is 1. The number of rotatable bonds is 7. The quantitative estimate of drug-likeness (QED) is 0.226. The van der Waals surface area contributed by atoms with Gasteiger partial charge in [-0.3, -0.25) is 24.0 Å². The van der Waals surface area contributed by atoms with E-state index in [1.54, 1.807) is 30.3 Å². The molecule has 1 aliphatic heterocycles. The van der Waals surface area contributed by atoms with Crippen molar-refractivity contribution in [2.24, 2.45) is 0 Å². The molecule has 1 aliphatic carbocycles. The van der Waals surface area contributed by atoms with E-state index in [1.165, 1.54) is 17.0 Å². The molecule has 13 nitrogen and oxygen atoms in total. The van der Waals surface area contributed by atoms with Gasteiger partial charge in [0.2, 0.25) is 0 Å². The van der Waals surface area contributed by atoms with Gasteiger partial charge in [-0.25, -0.2) is 14.8 Å². The minimum absolute atomic E-state index is 0.000687. The Kier molecular flexibility index (Phi) is 6.76. The summed E-state index contributed by atoms with van der Waals surface area (Å²) in [6.07, 6.45) is 2.35. The maximum absolute atomic E-state index is 13.0. The van der Waals surface area contributed by atoms with Gasteiger partial charge in [-0.05, 0) is 47.2 Å². The standard InChI is InChI=1S/C30H24N6O7/c31-24-25(27(39)26(24)38)36-11-17-7-14(1-4-19(17)23(37)12-36)10-32-28(40)21-9-22(34-13-33-21)29(41)35-20-6-3-15-8-16(30(42)43)2-5-18(15)20/h1-2,4-5,7-9,13,20H,3,6,10-12,31H2,(H,32,40)(H,35,41)(H,42,43)/t20-/m0/s1. The summed E-state index contributed by atoms with van der Waals surface area (Å²) in [6.45, 7) is 0.223. The fourth-order valence-corrected chi connectivity index (χ4v) is 5.56. The summed E-state index contributed by atoms with van der Waals surface area (Å²) in [4.78, 5) is 82.7. The maximum atomic E-state index is 13.0. The van der Waals surface area contributed by atoms with Crippen molar-refractivity contribution >= 4 is 34.9 Å². The molecule has 4 aromatic rings. The third-order valence-electron chi connectivity index (χ3n) is 7.76. The van der Waals surface area contributed by atoms with Gasteiger partial charge in [0.05, 0.1) is 18.2 Å². The first-order chi connectivity index (χ1) is 20.6. The summed E-state index contributed by atoms with van der Waals surface area (Å²) in [5, 5.41) is 14.8. The number of carbonyl (C=O) groups excluding carboxylic acids is 3. The first-order valence-corrected chi connectivity index (χ1v) is 13.4. The van der Waals surface area contributed by atoms with Crippen LogP contribution in [0.3, 0.4) is 0 Å². The van der Waals surface area contributed by atoms with Crippen LogP contribution in [0.4, 0.5) is 11.4 Å². The Morgan fingerprint density at radius 3 is 2.44 bits per heavy atom. The molecule has 0 saturated heterocycles. The summed E-state index contributed by atoms with van der Waals surface area (Å²) in [6, 6.07) is 10.9. The van der Waals surface area contributed by atoms with Crippen LogP contribution in [0.5, 0.6) is 0 Å². The van der Waals surface area contributed by atoms with E-state index in [0.29, 0.717) is 29.5 Å². The Hall–Kier alpha value is -5.72. The van der Waals surface area contributed by atoms with Gasteiger partial charge < -0.3 is 26.4 Å². The number of nitrogens with two attached hydrogens (primary N) is 1. The predicted molar refractivity (Wildman–Crippen MR) is 153 cm³/mol. The molecule has 43 heavy (non-hydrogen) atoms. The number of ketones is 1. The molecule has 2 heterocycles. The number of aromatic carboxylic acids is 1. The summed E-state index contributed by atoms with van der Waals surface area (Å²) >= 11 is 0. The molecular formula is C30H24N6O7. The van der Waals surface area contributed by atoms with Crippen molar-refractivity contribution in [2.45, 2.75) is 32.0 Å². The number of nitrogens with zero attached hydrogens (tertiary/aromatic N) is 3. The fourth-order valence-electron chi connectivity index (χ4n) is 5.56. The van der Waals surface area contributed by atoms with Crippen LogP contribution in [0.25, 0.3) is 0 Å². The largest absolute Gasteiger partial charge is 0.478 e. The van der Waals surface area contributed by atoms with Gasteiger partial charge in [0.15, 0.2) is 5.78 Å². The van der Waals surface area contributed by atoms with E-state index in [0.717, 1.165) is 17.5 Å². The van der Waals surface area contributed by atoms with Crippen molar-refractivity contribution < 1.29 is 24.3 Å². The highest BCUT2D eigenvalue weighted by Crippen LogP contribution is 2.32. The fraction of sp³-hybridized carbons (Fsp3) is 0.200. The molecule has 0 spiro atoms. The van der Waals surface area contributed by atoms with Crippen molar-refractivity contribution in [2.75, 3.05) is 17.2 Å². The van der Waals surface area contributed by atoms with Gasteiger partial charge >= 0.3 is 5.97 Å². The number of amides is 2. The highest BCUT2D eigenvalue weighted by Gasteiger charge is 2.30. The molecule has 2 amide bonds. The van der Waals surface area contributed by atoms with Crippen LogP contribution in [0.15, 0.2) is 58.4 Å². The van der Waals surface area contributed by atoms with Crippen LogP contribution >= 0.6 is 0 Å². The van der Waals surface area contributed by atoms with E-state index < -0.39 is 28.6 Å². The van der Waals surface area contributed by atoms with E-state index in [2.05, 4.69) is 20.6 Å². The maximum Gasteiger partial charge on any atom is 0.335 e. The molecule has 0 fully saturated rings. The number of carboxylic acids is 1. The lowest BCUT2D eigenvalue weighted by molar-refractivity contribution is 0.0695. The average molecular weight is 581 g/mol. The zero-order chi connectivity index (χ0) is 30.4. The highest BCUT2D eigenvalue weighted by molar-refractivity contribution is 6.03. The molecule has 13 heteroatoms. The first kappa shape index (κ1) is 27.4. The number of hydrogen-bond acceptors (Lipinski definition) is 10. The van der Waals surface area contributed by atoms with E-state index in [4.69, 9.17) is 5.73 Å². The van der Waals surface area contributed by atoms with Crippen LogP contribution in [0.2, 0.25) is 0 Å². The first-order valence-electron chi connectivity index (χ1n) is 13.4. The number of aromatic nitrogens is 2. The highest BCUT2D eigenvalue weighted by atomic mass is 16.4. The molecule has 2 aliphatic rings. The molecule has 0 radical (unpaired) electrons. The van der Waals surface area contributed by atoms with Gasteiger partial charge in [-0.15, -0.1) is 0 Å². The van der Waals surface area contributed by atoms with Crippen molar-refractivity contribution in [3.8, 4) is 0 Å². The van der Waals surface area contributed by atoms with Gasteiger partial charge in [0, 0.05) is 24.7 Å². The monoisotopic (exact) mass is 580 g/mol. The SMILES string of the molecule is Nc1c(N2CC(=O)c3ccc(CNC(=O)c4cc(C(=O)N[C@H]5CCc6cc(C(=O)O)ccc65)ncn4)cc3C2)c(=O)c1=O. The van der Waals surface area contributed by atoms with Crippen molar-refractivity contribution in [1.29, 1.82) is 0 Å². The number of carbonyl (C=O) groups is 4. The molecule has 6 rings (SSSR count). The minimum Gasteiger partial charge on any atom is -0.478 e. The minimum atomic E-state index is -1.01. The molecule has 1 aromatic heterocycles. The molecule has 1 atom stereocenters. The van der Waals surface area contributed by atoms with Gasteiger partial charge in [-0.2, -0.15) is 0 Å². The van der Waals surface area contributed by atoms with E-state index in [9.17, 15) is 33.9 Å². The predicted octanol–water partition coefficient (Wildman–Crippen LogP) is 0.903. The molecule has 3 aromatic carbocycles. The number of benzene rings is 2. The van der Waals surface area contributed by atoms with Crippen LogP contribution < -0.4 is 32.1 Å². The van der Waals surface area contributed by atoms with E-state index >= 15 is 0 Å². The Balaban J connectivity index is 1.10. The molecule has 0 unspecified atom stereocenters. The Bertz CT molecular complexity index is 1930. The zero-order valence-corrected chi connectivity index (χ0v) is 22.5. The smallest absolute Gasteiger partial charge is 0.335 e.